The summed E-state index contributed by atoms with van der Waals surface area (Å²) in [6.45, 7) is 3.51. The van der Waals surface area contributed by atoms with E-state index < -0.39 is 0 Å². The maximum absolute atomic E-state index is 12.3. The molecule has 2 unspecified atom stereocenters. The summed E-state index contributed by atoms with van der Waals surface area (Å²) in [5, 5.41) is 4.45. The smallest absolute Gasteiger partial charge is 0.240 e. The normalized spacial score (nSPS) is 22.5. The summed E-state index contributed by atoms with van der Waals surface area (Å²) in [6, 6.07) is 5.28. The maximum atomic E-state index is 12.3. The van der Waals surface area contributed by atoms with Gasteiger partial charge in [0.15, 0.2) is 0 Å². The molecule has 0 spiro atoms. The molecule has 1 aromatic carbocycles. The zero-order valence-corrected chi connectivity index (χ0v) is 12.6. The Balaban J connectivity index is 2.04. The lowest BCUT2D eigenvalue weighted by atomic mass is 10.0. The Morgan fingerprint density at radius 2 is 2.21 bits per heavy atom. The van der Waals surface area contributed by atoms with Gasteiger partial charge in [0.1, 0.15) is 0 Å². The Morgan fingerprint density at radius 1 is 1.47 bits per heavy atom. The molecule has 0 aromatic heterocycles. The van der Waals surface area contributed by atoms with Crippen molar-refractivity contribution in [1.82, 2.24) is 10.2 Å². The van der Waals surface area contributed by atoms with Gasteiger partial charge < -0.3 is 10.2 Å². The van der Waals surface area contributed by atoms with Gasteiger partial charge in [-0.3, -0.25) is 4.79 Å². The third kappa shape index (κ3) is 3.41. The number of nitrogens with zero attached hydrogens (tertiary/aromatic N) is 1. The van der Waals surface area contributed by atoms with Crippen LogP contribution in [0.15, 0.2) is 18.2 Å². The van der Waals surface area contributed by atoms with E-state index in [0.29, 0.717) is 22.5 Å². The van der Waals surface area contributed by atoms with Crippen LogP contribution < -0.4 is 5.32 Å². The van der Waals surface area contributed by atoms with Crippen molar-refractivity contribution in [3.05, 3.63) is 33.8 Å². The third-order valence-electron chi connectivity index (χ3n) is 3.60. The molecule has 0 bridgehead atoms. The summed E-state index contributed by atoms with van der Waals surface area (Å²) < 4.78 is 0. The minimum absolute atomic E-state index is 0.0731. The lowest BCUT2D eigenvalue weighted by Crippen LogP contribution is -2.43. The van der Waals surface area contributed by atoms with Crippen molar-refractivity contribution in [3.63, 3.8) is 0 Å². The molecule has 1 aliphatic rings. The van der Waals surface area contributed by atoms with Gasteiger partial charge in [0.25, 0.3) is 0 Å². The molecule has 1 N–H and O–H groups in total. The molecule has 1 aromatic rings. The average molecular weight is 301 g/mol. The first-order valence-corrected chi connectivity index (χ1v) is 7.17. The number of hydrogen-bond acceptors (Lipinski definition) is 2. The van der Waals surface area contributed by atoms with Crippen molar-refractivity contribution in [2.45, 2.75) is 25.9 Å². The van der Waals surface area contributed by atoms with E-state index in [-0.39, 0.29) is 11.9 Å². The van der Waals surface area contributed by atoms with Crippen LogP contribution in [0.3, 0.4) is 0 Å². The fourth-order valence-corrected chi connectivity index (χ4v) is 2.85. The van der Waals surface area contributed by atoms with Crippen molar-refractivity contribution < 1.29 is 4.79 Å². The lowest BCUT2D eigenvalue weighted by Gasteiger charge is -2.24. The minimum Gasteiger partial charge on any atom is -0.340 e. The van der Waals surface area contributed by atoms with E-state index in [1.807, 2.05) is 6.07 Å². The summed E-state index contributed by atoms with van der Waals surface area (Å²) >= 11 is 12.0. The van der Waals surface area contributed by atoms with Crippen molar-refractivity contribution in [3.8, 4) is 0 Å². The van der Waals surface area contributed by atoms with Crippen molar-refractivity contribution in [2.75, 3.05) is 13.6 Å². The highest BCUT2D eigenvalue weighted by atomic mass is 35.5. The van der Waals surface area contributed by atoms with Gasteiger partial charge in [-0.25, -0.2) is 0 Å². The minimum atomic E-state index is -0.0731. The number of likely N-dealkylation sites (N-methyl/N-ethyl adjacent to an activating group) is 1. The van der Waals surface area contributed by atoms with Crippen LogP contribution in [0.1, 0.15) is 18.9 Å². The molecule has 2 atom stereocenters. The number of benzene rings is 1. The van der Waals surface area contributed by atoms with Crippen LogP contribution >= 0.6 is 23.2 Å². The highest BCUT2D eigenvalue weighted by molar-refractivity contribution is 6.35. The van der Waals surface area contributed by atoms with Crippen LogP contribution in [0.5, 0.6) is 0 Å². The highest BCUT2D eigenvalue weighted by Gasteiger charge is 2.31. The topological polar surface area (TPSA) is 32.3 Å². The lowest BCUT2D eigenvalue weighted by molar-refractivity contribution is -0.133. The van der Waals surface area contributed by atoms with Gasteiger partial charge >= 0.3 is 0 Å². The fourth-order valence-electron chi connectivity index (χ4n) is 2.39. The second-order valence-corrected chi connectivity index (χ2v) is 5.97. The SMILES string of the molecule is CC1CCNC1C(=O)N(C)Cc1ccc(Cl)cc1Cl. The Hall–Kier alpha value is -0.770. The zero-order chi connectivity index (χ0) is 14.0. The van der Waals surface area contributed by atoms with Gasteiger partial charge in [-0.1, -0.05) is 36.2 Å². The molecule has 3 nitrogen and oxygen atoms in total. The molecule has 19 heavy (non-hydrogen) atoms. The van der Waals surface area contributed by atoms with E-state index in [1.54, 1.807) is 24.1 Å². The number of rotatable bonds is 3. The Bertz CT molecular complexity index is 479. The van der Waals surface area contributed by atoms with Gasteiger partial charge in [0, 0.05) is 23.6 Å². The third-order valence-corrected chi connectivity index (χ3v) is 4.18. The van der Waals surface area contributed by atoms with Crippen LogP contribution in [0.25, 0.3) is 0 Å². The van der Waals surface area contributed by atoms with Gasteiger partial charge in [-0.05, 0) is 36.6 Å². The van der Waals surface area contributed by atoms with E-state index in [2.05, 4.69) is 12.2 Å². The Kier molecular flexibility index (Phi) is 4.71. The van der Waals surface area contributed by atoms with E-state index in [4.69, 9.17) is 23.2 Å². The van der Waals surface area contributed by atoms with Crippen molar-refractivity contribution in [2.24, 2.45) is 5.92 Å². The van der Waals surface area contributed by atoms with Crippen LogP contribution in [0.2, 0.25) is 10.0 Å². The second kappa shape index (κ2) is 6.12. The monoisotopic (exact) mass is 300 g/mol. The molecule has 0 saturated carbocycles. The molecule has 1 fully saturated rings. The summed E-state index contributed by atoms with van der Waals surface area (Å²) in [5.41, 5.74) is 0.910. The first-order valence-electron chi connectivity index (χ1n) is 6.41. The largest absolute Gasteiger partial charge is 0.340 e. The van der Waals surface area contributed by atoms with Gasteiger partial charge in [0.05, 0.1) is 6.04 Å². The van der Waals surface area contributed by atoms with E-state index >= 15 is 0 Å². The van der Waals surface area contributed by atoms with Crippen molar-refractivity contribution in [1.29, 1.82) is 0 Å². The van der Waals surface area contributed by atoms with Crippen LogP contribution in [0.4, 0.5) is 0 Å². The fraction of sp³-hybridized carbons (Fsp3) is 0.500. The Morgan fingerprint density at radius 3 is 2.79 bits per heavy atom. The highest BCUT2D eigenvalue weighted by Crippen LogP contribution is 2.23. The standard InChI is InChI=1S/C14H18Cl2N2O/c1-9-5-6-17-13(9)14(19)18(2)8-10-3-4-11(15)7-12(10)16/h3-4,7,9,13,17H,5-6,8H2,1-2H3. The summed E-state index contributed by atoms with van der Waals surface area (Å²) in [4.78, 5) is 14.0. The van der Waals surface area contributed by atoms with E-state index in [1.165, 1.54) is 0 Å². The number of amides is 1. The molecule has 1 heterocycles. The molecule has 5 heteroatoms. The Labute approximate surface area is 123 Å². The van der Waals surface area contributed by atoms with Crippen LogP contribution in [-0.2, 0) is 11.3 Å². The molecule has 104 valence electrons. The van der Waals surface area contributed by atoms with Crippen LogP contribution in [0, 0.1) is 5.92 Å². The predicted molar refractivity (Wildman–Crippen MR) is 78.5 cm³/mol. The van der Waals surface area contributed by atoms with Gasteiger partial charge in [0.2, 0.25) is 5.91 Å². The first-order chi connectivity index (χ1) is 8.99. The van der Waals surface area contributed by atoms with Gasteiger partial charge in [-0.15, -0.1) is 0 Å². The van der Waals surface area contributed by atoms with Crippen molar-refractivity contribution >= 4 is 29.1 Å². The van der Waals surface area contributed by atoms with E-state index in [9.17, 15) is 4.79 Å². The predicted octanol–water partition coefficient (Wildman–Crippen LogP) is 2.95. The molecule has 1 saturated heterocycles. The zero-order valence-electron chi connectivity index (χ0n) is 11.1. The van der Waals surface area contributed by atoms with Gasteiger partial charge in [-0.2, -0.15) is 0 Å². The summed E-state index contributed by atoms with van der Waals surface area (Å²) in [5.74, 6) is 0.506. The quantitative estimate of drug-likeness (QED) is 0.931. The first kappa shape index (κ1) is 14.6. The molecule has 0 aliphatic carbocycles. The number of hydrogen-bond donors (Lipinski definition) is 1. The molecule has 1 aliphatic heterocycles. The number of halogens is 2. The summed E-state index contributed by atoms with van der Waals surface area (Å²) in [7, 11) is 1.81. The second-order valence-electron chi connectivity index (χ2n) is 5.13. The molecule has 0 radical (unpaired) electrons. The number of carbonyl (C=O) groups is 1. The van der Waals surface area contributed by atoms with E-state index in [0.717, 1.165) is 18.5 Å². The molecular weight excluding hydrogens is 283 g/mol. The molecular formula is C14H18Cl2N2O. The molecule has 1 amide bonds. The number of carbonyl (C=O) groups excluding carboxylic acids is 1. The maximum Gasteiger partial charge on any atom is 0.240 e. The number of nitrogens with one attached hydrogen (secondary N) is 1. The molecule has 2 rings (SSSR count). The average Bonchev–Trinajstić information content (AvgIpc) is 2.78. The van der Waals surface area contributed by atoms with Crippen LogP contribution in [-0.4, -0.2) is 30.4 Å². The summed E-state index contributed by atoms with van der Waals surface area (Å²) in [6.07, 6.45) is 1.05.